The molecule has 0 saturated heterocycles. The van der Waals surface area contributed by atoms with Crippen LogP contribution in [0.15, 0.2) is 42.5 Å². The highest BCUT2D eigenvalue weighted by atomic mass is 16.5. The van der Waals surface area contributed by atoms with E-state index in [9.17, 15) is 14.7 Å². The number of carbonyl (C=O) groups is 2. The Hall–Kier alpha value is -3.02. The summed E-state index contributed by atoms with van der Waals surface area (Å²) in [5, 5.41) is 13.8. The first-order valence-corrected chi connectivity index (χ1v) is 6.86. The Morgan fingerprint density at radius 3 is 2.48 bits per heavy atom. The van der Waals surface area contributed by atoms with Crippen molar-refractivity contribution < 1.29 is 24.2 Å². The number of aromatic carboxylic acids is 1. The molecule has 0 aliphatic rings. The first-order chi connectivity index (χ1) is 11.0. The van der Waals surface area contributed by atoms with E-state index in [1.54, 1.807) is 36.4 Å². The highest BCUT2D eigenvalue weighted by molar-refractivity contribution is 5.96. The number of ether oxygens (including phenoxy) is 2. The third kappa shape index (κ3) is 4.00. The van der Waals surface area contributed by atoms with Gasteiger partial charge >= 0.3 is 0 Å². The molecule has 6 heteroatoms. The molecule has 120 valence electrons. The highest BCUT2D eigenvalue weighted by Gasteiger charge is 2.12. The lowest BCUT2D eigenvalue weighted by atomic mass is 10.0. The van der Waals surface area contributed by atoms with Gasteiger partial charge in [-0.15, -0.1) is 0 Å². The molecule has 1 amide bonds. The third-order valence-corrected chi connectivity index (χ3v) is 3.27. The maximum atomic E-state index is 12.2. The Morgan fingerprint density at radius 2 is 1.83 bits per heavy atom. The number of rotatable bonds is 6. The molecule has 0 unspecified atom stereocenters. The standard InChI is InChI=1S/C17H17NO5/c1-22-12-7-8-15(23-2)14(10-12)18-16(19)9-11-5-3-4-6-13(11)17(20)21/h3-8,10H,9H2,1-2H3,(H,18,19)(H,20,21)/p-1. The second-order valence-electron chi connectivity index (χ2n) is 4.74. The summed E-state index contributed by atoms with van der Waals surface area (Å²) in [5.74, 6) is -0.638. The average Bonchev–Trinajstić information content (AvgIpc) is 2.55. The Labute approximate surface area is 133 Å². The van der Waals surface area contributed by atoms with E-state index in [1.807, 2.05) is 0 Å². The second kappa shape index (κ2) is 7.31. The van der Waals surface area contributed by atoms with E-state index in [4.69, 9.17) is 9.47 Å². The minimum absolute atomic E-state index is 0.000238. The van der Waals surface area contributed by atoms with Gasteiger partial charge in [-0.2, -0.15) is 0 Å². The zero-order valence-corrected chi connectivity index (χ0v) is 12.8. The van der Waals surface area contributed by atoms with Crippen molar-refractivity contribution in [2.75, 3.05) is 19.5 Å². The fourth-order valence-corrected chi connectivity index (χ4v) is 2.15. The number of nitrogens with one attached hydrogen (secondary N) is 1. The molecule has 0 fully saturated rings. The van der Waals surface area contributed by atoms with E-state index in [1.165, 1.54) is 20.3 Å². The molecule has 0 saturated carbocycles. The number of carbonyl (C=O) groups excluding carboxylic acids is 2. The van der Waals surface area contributed by atoms with Gasteiger partial charge in [0.2, 0.25) is 5.91 Å². The van der Waals surface area contributed by atoms with E-state index in [-0.39, 0.29) is 17.9 Å². The van der Waals surface area contributed by atoms with Crippen molar-refractivity contribution in [1.29, 1.82) is 0 Å². The average molecular weight is 314 g/mol. The van der Waals surface area contributed by atoms with Crippen molar-refractivity contribution in [3.05, 3.63) is 53.6 Å². The molecule has 0 aliphatic heterocycles. The van der Waals surface area contributed by atoms with E-state index in [0.717, 1.165) is 0 Å². The summed E-state index contributed by atoms with van der Waals surface area (Å²) in [5.41, 5.74) is 0.829. The van der Waals surface area contributed by atoms with Gasteiger partial charge in [0.1, 0.15) is 11.5 Å². The van der Waals surface area contributed by atoms with Crippen molar-refractivity contribution in [1.82, 2.24) is 0 Å². The van der Waals surface area contributed by atoms with Crippen LogP contribution in [0.25, 0.3) is 0 Å². The summed E-state index contributed by atoms with van der Waals surface area (Å²) in [4.78, 5) is 23.3. The number of hydrogen-bond acceptors (Lipinski definition) is 5. The minimum atomic E-state index is -1.31. The molecule has 0 aliphatic carbocycles. The summed E-state index contributed by atoms with van der Waals surface area (Å²) < 4.78 is 10.3. The van der Waals surface area contributed by atoms with Crippen molar-refractivity contribution in [3.8, 4) is 11.5 Å². The molecule has 0 bridgehead atoms. The largest absolute Gasteiger partial charge is 0.545 e. The third-order valence-electron chi connectivity index (χ3n) is 3.27. The number of benzene rings is 2. The summed E-state index contributed by atoms with van der Waals surface area (Å²) in [6, 6.07) is 11.2. The van der Waals surface area contributed by atoms with Gasteiger partial charge in [-0.05, 0) is 17.7 Å². The van der Waals surface area contributed by atoms with Gasteiger partial charge in [0.15, 0.2) is 0 Å². The molecule has 2 aromatic rings. The summed E-state index contributed by atoms with van der Waals surface area (Å²) >= 11 is 0. The van der Waals surface area contributed by atoms with E-state index in [2.05, 4.69) is 5.32 Å². The van der Waals surface area contributed by atoms with E-state index < -0.39 is 5.97 Å². The molecule has 0 heterocycles. The molecular weight excluding hydrogens is 298 g/mol. The van der Waals surface area contributed by atoms with Crippen LogP contribution in [-0.4, -0.2) is 26.1 Å². The van der Waals surface area contributed by atoms with Crippen LogP contribution >= 0.6 is 0 Å². The molecule has 2 aromatic carbocycles. The molecule has 2 rings (SSSR count). The topological polar surface area (TPSA) is 87.7 Å². The van der Waals surface area contributed by atoms with Gasteiger partial charge in [-0.1, -0.05) is 24.3 Å². The summed E-state index contributed by atoms with van der Waals surface area (Å²) in [7, 11) is 3.01. The Balaban J connectivity index is 2.19. The van der Waals surface area contributed by atoms with Crippen molar-refractivity contribution in [3.63, 3.8) is 0 Å². The van der Waals surface area contributed by atoms with Gasteiger partial charge in [0, 0.05) is 11.6 Å². The van der Waals surface area contributed by atoms with Gasteiger partial charge < -0.3 is 24.7 Å². The lowest BCUT2D eigenvalue weighted by molar-refractivity contribution is -0.255. The van der Waals surface area contributed by atoms with Crippen LogP contribution in [-0.2, 0) is 11.2 Å². The Kier molecular flexibility index (Phi) is 5.19. The Bertz CT molecular complexity index is 727. The minimum Gasteiger partial charge on any atom is -0.545 e. The number of amides is 1. The van der Waals surface area contributed by atoms with Crippen molar-refractivity contribution in [2.24, 2.45) is 0 Å². The van der Waals surface area contributed by atoms with Crippen LogP contribution in [0.5, 0.6) is 11.5 Å². The summed E-state index contributed by atoms with van der Waals surface area (Å²) in [6.07, 6.45) is -0.0927. The predicted molar refractivity (Wildman–Crippen MR) is 82.7 cm³/mol. The predicted octanol–water partition coefficient (Wildman–Crippen LogP) is 1.25. The van der Waals surface area contributed by atoms with Gasteiger partial charge in [0.25, 0.3) is 0 Å². The molecule has 0 radical (unpaired) electrons. The maximum Gasteiger partial charge on any atom is 0.228 e. The quantitative estimate of drug-likeness (QED) is 0.867. The van der Waals surface area contributed by atoms with Crippen LogP contribution in [0.1, 0.15) is 15.9 Å². The van der Waals surface area contributed by atoms with Gasteiger partial charge in [0.05, 0.1) is 32.3 Å². The van der Waals surface area contributed by atoms with Crippen LogP contribution in [0.3, 0.4) is 0 Å². The van der Waals surface area contributed by atoms with Gasteiger partial charge in [-0.25, -0.2) is 0 Å². The Morgan fingerprint density at radius 1 is 1.09 bits per heavy atom. The van der Waals surface area contributed by atoms with E-state index >= 15 is 0 Å². The zero-order chi connectivity index (χ0) is 16.8. The maximum absolute atomic E-state index is 12.2. The van der Waals surface area contributed by atoms with Crippen molar-refractivity contribution >= 4 is 17.6 Å². The fourth-order valence-electron chi connectivity index (χ4n) is 2.15. The first-order valence-electron chi connectivity index (χ1n) is 6.86. The lowest BCUT2D eigenvalue weighted by Crippen LogP contribution is -2.25. The number of carboxylic acid groups (broad SMARTS) is 1. The molecular formula is C17H16NO5-. The van der Waals surface area contributed by atoms with Crippen LogP contribution in [0, 0.1) is 0 Å². The normalized spacial score (nSPS) is 10.0. The van der Waals surface area contributed by atoms with Crippen LogP contribution in [0.4, 0.5) is 5.69 Å². The zero-order valence-electron chi connectivity index (χ0n) is 12.8. The molecule has 0 spiro atoms. The van der Waals surface area contributed by atoms with Crippen molar-refractivity contribution in [2.45, 2.75) is 6.42 Å². The lowest BCUT2D eigenvalue weighted by Gasteiger charge is -2.13. The van der Waals surface area contributed by atoms with E-state index in [0.29, 0.717) is 22.7 Å². The fraction of sp³-hybridized carbons (Fsp3) is 0.176. The number of hydrogen-bond donors (Lipinski definition) is 1. The molecule has 1 N–H and O–H groups in total. The number of methoxy groups -OCH3 is 2. The SMILES string of the molecule is COc1ccc(OC)c(NC(=O)Cc2ccccc2C(=O)[O-])c1. The highest BCUT2D eigenvalue weighted by Crippen LogP contribution is 2.29. The van der Waals surface area contributed by atoms with Crippen LogP contribution < -0.4 is 19.9 Å². The number of carboxylic acids is 1. The van der Waals surface area contributed by atoms with Crippen LogP contribution in [0.2, 0.25) is 0 Å². The molecule has 0 atom stereocenters. The first kappa shape index (κ1) is 16.4. The summed E-state index contributed by atoms with van der Waals surface area (Å²) in [6.45, 7) is 0. The molecule has 23 heavy (non-hydrogen) atoms. The molecule has 0 aromatic heterocycles. The second-order valence-corrected chi connectivity index (χ2v) is 4.74. The smallest absolute Gasteiger partial charge is 0.228 e. The molecule has 6 nitrogen and oxygen atoms in total. The number of anilines is 1. The van der Waals surface area contributed by atoms with Gasteiger partial charge in [-0.3, -0.25) is 4.79 Å². The monoisotopic (exact) mass is 314 g/mol.